The van der Waals surface area contributed by atoms with Crippen molar-refractivity contribution in [2.45, 2.75) is 12.8 Å². The van der Waals surface area contributed by atoms with E-state index in [9.17, 15) is 4.79 Å². The molecule has 0 bridgehead atoms. The fourth-order valence-electron chi connectivity index (χ4n) is 3.72. The van der Waals surface area contributed by atoms with E-state index in [-0.39, 0.29) is 5.91 Å². The first kappa shape index (κ1) is 18.2. The Hall–Kier alpha value is -3.81. The van der Waals surface area contributed by atoms with Crippen LogP contribution >= 0.6 is 0 Å². The van der Waals surface area contributed by atoms with E-state index in [1.165, 1.54) is 0 Å². The lowest BCUT2D eigenvalue weighted by Gasteiger charge is -2.16. The van der Waals surface area contributed by atoms with E-state index >= 15 is 0 Å². The SMILES string of the molecule is Cn1cc(-c2ccc3cnc(NC(=O)c4ccnc(N5CCCC5)c4)cc3c2)nn1. The summed E-state index contributed by atoms with van der Waals surface area (Å²) in [5.41, 5.74) is 2.33. The Balaban J connectivity index is 1.39. The van der Waals surface area contributed by atoms with E-state index in [0.29, 0.717) is 11.4 Å². The molecule has 4 aromatic rings. The van der Waals surface area contributed by atoms with Crippen molar-refractivity contribution in [3.8, 4) is 11.3 Å². The van der Waals surface area contributed by atoms with Crippen LogP contribution in [0.25, 0.3) is 22.0 Å². The standard InChI is InChI=1S/C22H21N7O/c1-28-14-19(26-27-28)15-4-5-17-13-24-20(11-18(17)10-15)25-22(30)16-6-7-23-21(12-16)29-8-2-3-9-29/h4-7,10-14H,2-3,8-9H2,1H3,(H,24,25,30). The minimum Gasteiger partial charge on any atom is -0.357 e. The summed E-state index contributed by atoms with van der Waals surface area (Å²) < 4.78 is 1.67. The molecule has 1 saturated heterocycles. The minimum absolute atomic E-state index is 0.199. The van der Waals surface area contributed by atoms with Gasteiger partial charge in [0.15, 0.2) is 0 Å². The largest absolute Gasteiger partial charge is 0.357 e. The first-order valence-corrected chi connectivity index (χ1v) is 9.94. The molecule has 1 aromatic carbocycles. The number of nitrogens with zero attached hydrogens (tertiary/aromatic N) is 6. The lowest BCUT2D eigenvalue weighted by Crippen LogP contribution is -2.20. The van der Waals surface area contributed by atoms with Crippen molar-refractivity contribution in [1.82, 2.24) is 25.0 Å². The minimum atomic E-state index is -0.199. The highest BCUT2D eigenvalue weighted by atomic mass is 16.1. The molecule has 0 aliphatic carbocycles. The summed E-state index contributed by atoms with van der Waals surface area (Å²) >= 11 is 0. The van der Waals surface area contributed by atoms with Crippen molar-refractivity contribution < 1.29 is 4.79 Å². The maximum absolute atomic E-state index is 12.8. The molecule has 0 radical (unpaired) electrons. The Labute approximate surface area is 173 Å². The number of aromatic nitrogens is 5. The van der Waals surface area contributed by atoms with Gasteiger partial charge in [0.1, 0.15) is 17.3 Å². The van der Waals surface area contributed by atoms with Crippen LogP contribution in [0, 0.1) is 0 Å². The van der Waals surface area contributed by atoms with Crippen LogP contribution in [0.3, 0.4) is 0 Å². The summed E-state index contributed by atoms with van der Waals surface area (Å²) in [4.78, 5) is 23.8. The topological polar surface area (TPSA) is 88.8 Å². The molecular weight excluding hydrogens is 378 g/mol. The molecule has 0 unspecified atom stereocenters. The number of hydrogen-bond acceptors (Lipinski definition) is 6. The van der Waals surface area contributed by atoms with Crippen LogP contribution in [0.2, 0.25) is 0 Å². The second-order valence-corrected chi connectivity index (χ2v) is 7.46. The van der Waals surface area contributed by atoms with Gasteiger partial charge in [0.05, 0.1) is 6.20 Å². The Morgan fingerprint density at radius 3 is 2.70 bits per heavy atom. The van der Waals surface area contributed by atoms with Gasteiger partial charge in [-0.25, -0.2) is 9.97 Å². The van der Waals surface area contributed by atoms with E-state index < -0.39 is 0 Å². The number of aryl methyl sites for hydroxylation is 1. The first-order valence-electron chi connectivity index (χ1n) is 9.94. The van der Waals surface area contributed by atoms with E-state index in [2.05, 4.69) is 30.5 Å². The van der Waals surface area contributed by atoms with Crippen molar-refractivity contribution in [2.24, 2.45) is 7.05 Å². The van der Waals surface area contributed by atoms with Crippen LogP contribution in [0.1, 0.15) is 23.2 Å². The van der Waals surface area contributed by atoms with Crippen LogP contribution in [0.15, 0.2) is 55.0 Å². The van der Waals surface area contributed by atoms with E-state index in [4.69, 9.17) is 0 Å². The van der Waals surface area contributed by atoms with Crippen LogP contribution in [-0.4, -0.2) is 44.0 Å². The Kier molecular flexibility index (Phi) is 4.59. The maximum Gasteiger partial charge on any atom is 0.257 e. The Morgan fingerprint density at radius 1 is 1.03 bits per heavy atom. The third-order valence-corrected chi connectivity index (χ3v) is 5.30. The number of rotatable bonds is 4. The van der Waals surface area contributed by atoms with Gasteiger partial charge in [-0.15, -0.1) is 5.10 Å². The number of anilines is 2. The molecule has 1 fully saturated rings. The molecule has 150 valence electrons. The number of pyridine rings is 2. The number of benzene rings is 1. The fourth-order valence-corrected chi connectivity index (χ4v) is 3.72. The summed E-state index contributed by atoms with van der Waals surface area (Å²) in [6, 6.07) is 11.4. The predicted octanol–water partition coefficient (Wildman–Crippen LogP) is 3.28. The second kappa shape index (κ2) is 7.55. The molecule has 0 saturated carbocycles. The Bertz CT molecular complexity index is 1230. The number of nitrogens with one attached hydrogen (secondary N) is 1. The molecule has 3 aromatic heterocycles. The monoisotopic (exact) mass is 399 g/mol. The number of carbonyl (C=O) groups is 1. The summed E-state index contributed by atoms with van der Waals surface area (Å²) in [6.07, 6.45) is 7.63. The molecule has 0 spiro atoms. The summed E-state index contributed by atoms with van der Waals surface area (Å²) in [6.45, 7) is 1.97. The van der Waals surface area contributed by atoms with Crippen molar-refractivity contribution in [1.29, 1.82) is 0 Å². The van der Waals surface area contributed by atoms with Crippen molar-refractivity contribution >= 4 is 28.3 Å². The third kappa shape index (κ3) is 3.59. The zero-order valence-corrected chi connectivity index (χ0v) is 16.6. The van der Waals surface area contributed by atoms with Crippen LogP contribution in [-0.2, 0) is 7.05 Å². The van der Waals surface area contributed by atoms with E-state index in [1.807, 2.05) is 43.6 Å². The van der Waals surface area contributed by atoms with Gasteiger partial charge in [0.2, 0.25) is 0 Å². The predicted molar refractivity (Wildman–Crippen MR) is 115 cm³/mol. The summed E-state index contributed by atoms with van der Waals surface area (Å²) in [5.74, 6) is 1.15. The average Bonchev–Trinajstić information content (AvgIpc) is 3.45. The van der Waals surface area contributed by atoms with Crippen molar-refractivity contribution in [3.63, 3.8) is 0 Å². The van der Waals surface area contributed by atoms with Gasteiger partial charge in [0.25, 0.3) is 5.91 Å². The molecule has 1 amide bonds. The zero-order valence-electron chi connectivity index (χ0n) is 16.6. The molecule has 8 nitrogen and oxygen atoms in total. The molecular formula is C22H21N7O. The van der Waals surface area contributed by atoms with Gasteiger partial charge in [-0.2, -0.15) is 0 Å². The van der Waals surface area contributed by atoms with Crippen molar-refractivity contribution in [3.05, 3.63) is 60.6 Å². The molecule has 1 N–H and O–H groups in total. The zero-order chi connectivity index (χ0) is 20.5. The second-order valence-electron chi connectivity index (χ2n) is 7.46. The van der Waals surface area contributed by atoms with E-state index in [1.54, 1.807) is 23.1 Å². The van der Waals surface area contributed by atoms with Gasteiger partial charge in [-0.1, -0.05) is 17.3 Å². The first-order chi connectivity index (χ1) is 14.7. The molecule has 1 aliphatic rings. The normalized spacial score (nSPS) is 13.7. The molecule has 4 heterocycles. The molecule has 1 aliphatic heterocycles. The maximum atomic E-state index is 12.8. The third-order valence-electron chi connectivity index (χ3n) is 5.30. The lowest BCUT2D eigenvalue weighted by molar-refractivity contribution is 0.102. The number of amides is 1. The molecule has 30 heavy (non-hydrogen) atoms. The molecule has 0 atom stereocenters. The summed E-state index contributed by atoms with van der Waals surface area (Å²) in [7, 11) is 1.84. The highest BCUT2D eigenvalue weighted by Gasteiger charge is 2.16. The van der Waals surface area contributed by atoms with Gasteiger partial charge in [-0.3, -0.25) is 9.48 Å². The number of fused-ring (bicyclic) bond motifs is 1. The van der Waals surface area contributed by atoms with Crippen LogP contribution in [0.5, 0.6) is 0 Å². The Morgan fingerprint density at radius 2 is 1.90 bits per heavy atom. The quantitative estimate of drug-likeness (QED) is 0.567. The summed E-state index contributed by atoms with van der Waals surface area (Å²) in [5, 5.41) is 13.0. The van der Waals surface area contributed by atoms with E-state index in [0.717, 1.165) is 53.8 Å². The number of carbonyl (C=O) groups excluding carboxylic acids is 1. The molecule has 5 rings (SSSR count). The van der Waals surface area contributed by atoms with Gasteiger partial charge < -0.3 is 10.2 Å². The van der Waals surface area contributed by atoms with Gasteiger partial charge in [0, 0.05) is 49.0 Å². The van der Waals surface area contributed by atoms with Crippen LogP contribution < -0.4 is 10.2 Å². The molecule has 8 heteroatoms. The lowest BCUT2D eigenvalue weighted by atomic mass is 10.1. The number of hydrogen-bond donors (Lipinski definition) is 1. The average molecular weight is 399 g/mol. The van der Waals surface area contributed by atoms with Crippen molar-refractivity contribution in [2.75, 3.05) is 23.3 Å². The van der Waals surface area contributed by atoms with Crippen LogP contribution in [0.4, 0.5) is 11.6 Å². The van der Waals surface area contributed by atoms with Gasteiger partial charge in [-0.05, 0) is 42.5 Å². The van der Waals surface area contributed by atoms with Gasteiger partial charge >= 0.3 is 0 Å². The highest BCUT2D eigenvalue weighted by Crippen LogP contribution is 2.24. The smallest absolute Gasteiger partial charge is 0.257 e. The fraction of sp³-hybridized carbons (Fsp3) is 0.227. The highest BCUT2D eigenvalue weighted by molar-refractivity contribution is 6.05.